The Hall–Kier alpha value is -4.40. The normalized spacial score (nSPS) is 19.7. The summed E-state index contributed by atoms with van der Waals surface area (Å²) in [5, 5.41) is 13.4. The zero-order valence-corrected chi connectivity index (χ0v) is 31.2. The molecule has 7 rings (SSSR count). The molecule has 4 aromatic rings. The highest BCUT2D eigenvalue weighted by atomic mass is 35.5. The first-order chi connectivity index (χ1) is 25.9. The number of carbonyl (C=O) groups excluding carboxylic acids is 2. The van der Waals surface area contributed by atoms with Crippen molar-refractivity contribution < 1.29 is 27.5 Å². The molecule has 2 aromatic carbocycles. The summed E-state index contributed by atoms with van der Waals surface area (Å²) in [6.45, 7) is 5.16. The van der Waals surface area contributed by atoms with E-state index in [2.05, 4.69) is 30.6 Å². The number of carbonyl (C=O) groups is 2. The molecular formula is C39H45ClF3N7O4. The lowest BCUT2D eigenvalue weighted by atomic mass is 9.86. The van der Waals surface area contributed by atoms with Crippen LogP contribution in [0.2, 0.25) is 5.02 Å². The number of amides is 2. The number of hydrogen-bond donors (Lipinski definition) is 3. The number of nitrogens with zero attached hydrogens (tertiary/aromatic N) is 4. The maximum Gasteiger partial charge on any atom is 0.416 e. The summed E-state index contributed by atoms with van der Waals surface area (Å²) in [6.07, 6.45) is 3.41. The molecular weight excluding hydrogens is 723 g/mol. The predicted molar refractivity (Wildman–Crippen MR) is 201 cm³/mol. The van der Waals surface area contributed by atoms with Gasteiger partial charge < -0.3 is 24.4 Å². The monoisotopic (exact) mass is 767 g/mol. The number of nitrogens with one attached hydrogen (secondary N) is 3. The Bertz CT molecular complexity index is 2080. The Labute approximate surface area is 316 Å². The van der Waals surface area contributed by atoms with Gasteiger partial charge in [-0.3, -0.25) is 24.8 Å². The minimum atomic E-state index is -4.53. The second kappa shape index (κ2) is 15.8. The van der Waals surface area contributed by atoms with Crippen molar-refractivity contribution in [2.45, 2.75) is 63.1 Å². The van der Waals surface area contributed by atoms with Gasteiger partial charge in [-0.1, -0.05) is 17.7 Å². The predicted octanol–water partition coefficient (Wildman–Crippen LogP) is 5.96. The summed E-state index contributed by atoms with van der Waals surface area (Å²) in [7, 11) is 3.35. The molecule has 0 spiro atoms. The van der Waals surface area contributed by atoms with Gasteiger partial charge in [-0.25, -0.2) is 0 Å². The summed E-state index contributed by atoms with van der Waals surface area (Å²) < 4.78 is 50.1. The first-order valence-electron chi connectivity index (χ1n) is 18.5. The second-order valence-corrected chi connectivity index (χ2v) is 15.2. The summed E-state index contributed by atoms with van der Waals surface area (Å²) in [5.74, 6) is 0.0616. The molecule has 15 heteroatoms. The molecule has 11 nitrogen and oxygen atoms in total. The van der Waals surface area contributed by atoms with Crippen molar-refractivity contribution >= 4 is 40.0 Å². The zero-order chi connectivity index (χ0) is 38.1. The lowest BCUT2D eigenvalue weighted by Gasteiger charge is -2.36. The van der Waals surface area contributed by atoms with Crippen LogP contribution < -0.4 is 20.9 Å². The molecule has 0 saturated carbocycles. The van der Waals surface area contributed by atoms with Crippen molar-refractivity contribution in [3.8, 4) is 16.9 Å². The average molecular weight is 768 g/mol. The number of benzene rings is 2. The lowest BCUT2D eigenvalue weighted by Crippen LogP contribution is -2.47. The Morgan fingerprint density at radius 1 is 0.981 bits per heavy atom. The van der Waals surface area contributed by atoms with E-state index < -0.39 is 23.7 Å². The van der Waals surface area contributed by atoms with E-state index in [1.807, 2.05) is 12.1 Å². The molecule has 5 heterocycles. The first-order valence-corrected chi connectivity index (χ1v) is 18.9. The maximum absolute atomic E-state index is 14.2. The molecule has 0 radical (unpaired) electrons. The number of hydrogen-bond acceptors (Lipinski definition) is 8. The van der Waals surface area contributed by atoms with Crippen LogP contribution in [0.4, 0.5) is 18.9 Å². The van der Waals surface area contributed by atoms with Crippen LogP contribution in [0.5, 0.6) is 5.75 Å². The number of rotatable bonds is 10. The molecule has 3 N–H and O–H groups in total. The fourth-order valence-corrected chi connectivity index (χ4v) is 8.55. The van der Waals surface area contributed by atoms with Crippen molar-refractivity contribution in [2.75, 3.05) is 51.7 Å². The number of aromatic nitrogens is 3. The van der Waals surface area contributed by atoms with Gasteiger partial charge in [-0.05, 0) is 112 Å². The van der Waals surface area contributed by atoms with Gasteiger partial charge in [0, 0.05) is 60.0 Å². The maximum atomic E-state index is 14.2. The molecule has 1 unspecified atom stereocenters. The number of pyridine rings is 1. The average Bonchev–Trinajstić information content (AvgIpc) is 3.65. The Morgan fingerprint density at radius 2 is 1.69 bits per heavy atom. The number of ether oxygens (including phenoxy) is 1. The number of aromatic amines is 1. The molecule has 288 valence electrons. The molecule has 3 aliphatic rings. The number of anilines is 1. The highest BCUT2D eigenvalue weighted by Gasteiger charge is 2.37. The van der Waals surface area contributed by atoms with Crippen LogP contribution in [-0.2, 0) is 29.2 Å². The zero-order valence-electron chi connectivity index (χ0n) is 30.4. The summed E-state index contributed by atoms with van der Waals surface area (Å²) in [4.78, 5) is 41.0. The van der Waals surface area contributed by atoms with Crippen LogP contribution in [-0.4, -0.2) is 88.8 Å². The summed E-state index contributed by atoms with van der Waals surface area (Å²) >= 11 is 6.91. The van der Waals surface area contributed by atoms with E-state index in [0.717, 1.165) is 92.4 Å². The Kier molecular flexibility index (Phi) is 11.1. The number of halogens is 4. The van der Waals surface area contributed by atoms with Crippen LogP contribution in [0.1, 0.15) is 61.1 Å². The third-order valence-electron chi connectivity index (χ3n) is 11.4. The van der Waals surface area contributed by atoms with Crippen LogP contribution in [0.25, 0.3) is 22.0 Å². The van der Waals surface area contributed by atoms with E-state index in [1.54, 1.807) is 38.7 Å². The molecule has 0 bridgehead atoms. The van der Waals surface area contributed by atoms with E-state index in [-0.39, 0.29) is 35.9 Å². The van der Waals surface area contributed by atoms with Gasteiger partial charge in [0.25, 0.3) is 5.56 Å². The van der Waals surface area contributed by atoms with Gasteiger partial charge in [0.2, 0.25) is 11.8 Å². The van der Waals surface area contributed by atoms with E-state index in [1.165, 1.54) is 4.57 Å². The van der Waals surface area contributed by atoms with Crippen molar-refractivity contribution in [1.82, 2.24) is 29.9 Å². The molecule has 2 aromatic heterocycles. The summed E-state index contributed by atoms with van der Waals surface area (Å²) in [6, 6.07) is 7.42. The largest absolute Gasteiger partial charge is 0.496 e. The van der Waals surface area contributed by atoms with Crippen LogP contribution in [0.15, 0.2) is 47.5 Å². The van der Waals surface area contributed by atoms with Crippen LogP contribution >= 0.6 is 11.6 Å². The smallest absolute Gasteiger partial charge is 0.416 e. The fraction of sp³-hybridized carbons (Fsp3) is 0.487. The van der Waals surface area contributed by atoms with Crippen molar-refractivity contribution in [1.29, 1.82) is 0 Å². The van der Waals surface area contributed by atoms with Gasteiger partial charge in [0.05, 0.1) is 18.9 Å². The fourth-order valence-electron chi connectivity index (χ4n) is 8.26. The molecule has 3 saturated heterocycles. The van der Waals surface area contributed by atoms with E-state index in [0.29, 0.717) is 34.9 Å². The number of H-pyrrole nitrogens is 1. The number of fused-ring (bicyclic) bond motifs is 1. The van der Waals surface area contributed by atoms with E-state index in [9.17, 15) is 27.6 Å². The van der Waals surface area contributed by atoms with E-state index >= 15 is 0 Å². The van der Waals surface area contributed by atoms with Gasteiger partial charge in [0.15, 0.2) is 0 Å². The van der Waals surface area contributed by atoms with Gasteiger partial charge >= 0.3 is 6.18 Å². The van der Waals surface area contributed by atoms with Crippen molar-refractivity contribution in [2.24, 2.45) is 13.0 Å². The quantitative estimate of drug-likeness (QED) is 0.169. The second-order valence-electron chi connectivity index (χ2n) is 14.8. The van der Waals surface area contributed by atoms with Gasteiger partial charge in [-0.2, -0.15) is 18.3 Å². The third-order valence-corrected chi connectivity index (χ3v) is 11.7. The molecule has 54 heavy (non-hydrogen) atoms. The minimum absolute atomic E-state index is 0.143. The van der Waals surface area contributed by atoms with Gasteiger partial charge in [-0.15, -0.1) is 0 Å². The number of alkyl halides is 3. The minimum Gasteiger partial charge on any atom is -0.496 e. The number of likely N-dealkylation sites (tertiary alicyclic amines) is 2. The third kappa shape index (κ3) is 8.15. The standard InChI is InChI=1S/C39H45ClF3N7O4/c1-48-22-30(29-21-44-47-36(29)38(48)53)25-18-32(40)28(34(19-25)54-2)17-23-7-11-49(12-8-23)15-16-50-13-9-24(10-14-50)27-4-3-26(20-31(27)39(41,42)43)45-33-5-6-35(51)46-37(33)52/h3-4,18-24,33,45H,5-17H2,1-2H3,(H,44,47)(H,46,51,52). The van der Waals surface area contributed by atoms with E-state index in [4.69, 9.17) is 16.3 Å². The van der Waals surface area contributed by atoms with Crippen molar-refractivity contribution in [3.05, 3.63) is 74.8 Å². The molecule has 3 aliphatic heterocycles. The molecule has 0 aliphatic carbocycles. The topological polar surface area (TPSA) is 125 Å². The molecule has 2 amide bonds. The SMILES string of the molecule is COc1cc(-c2cn(C)c(=O)c3[nH]ncc23)cc(Cl)c1CC1CCN(CCN2CCC(c3ccc(NC4CCC(=O)NC4=O)cc3C(F)(F)F)CC2)CC1. The lowest BCUT2D eigenvalue weighted by molar-refractivity contribution is -0.138. The van der Waals surface area contributed by atoms with Crippen LogP contribution in [0.3, 0.4) is 0 Å². The van der Waals surface area contributed by atoms with Crippen molar-refractivity contribution in [3.63, 3.8) is 0 Å². The Balaban J connectivity index is 0.903. The first kappa shape index (κ1) is 37.9. The number of aryl methyl sites for hydroxylation is 1. The Morgan fingerprint density at radius 3 is 2.35 bits per heavy atom. The summed E-state index contributed by atoms with van der Waals surface area (Å²) in [5.41, 5.74) is 2.80. The molecule has 3 fully saturated rings. The highest BCUT2D eigenvalue weighted by molar-refractivity contribution is 6.32. The highest BCUT2D eigenvalue weighted by Crippen LogP contribution is 2.41. The number of piperidine rings is 3. The van der Waals surface area contributed by atoms with Gasteiger partial charge in [0.1, 0.15) is 17.3 Å². The molecule has 1 atom stereocenters. The number of methoxy groups -OCH3 is 1. The number of imide groups is 1. The van der Waals surface area contributed by atoms with Crippen LogP contribution in [0, 0.1) is 5.92 Å².